The maximum absolute atomic E-state index is 10.2. The van der Waals surface area contributed by atoms with Gasteiger partial charge in [0.05, 0.1) is 6.61 Å². The Kier molecular flexibility index (Phi) is 2.89. The van der Waals surface area contributed by atoms with E-state index in [1.165, 1.54) is 0 Å². The van der Waals surface area contributed by atoms with Gasteiger partial charge in [0.15, 0.2) is 0 Å². The SMILES string of the molecule is CCCOC(=S)On1c(O)c2c(c1O)C1C=CC2C1. The molecule has 5 nitrogen and oxygen atoms in total. The predicted octanol–water partition coefficient (Wildman–Crippen LogP) is 2.18. The number of hydrogen-bond donors (Lipinski definition) is 2. The van der Waals surface area contributed by atoms with Crippen LogP contribution in [0.25, 0.3) is 0 Å². The number of aromatic hydroxyl groups is 2. The van der Waals surface area contributed by atoms with Crippen LogP contribution in [0.4, 0.5) is 0 Å². The third-order valence-electron chi connectivity index (χ3n) is 3.57. The van der Waals surface area contributed by atoms with Gasteiger partial charge in [-0.25, -0.2) is 0 Å². The minimum Gasteiger partial charge on any atom is -0.492 e. The molecule has 1 aromatic heterocycles. The molecule has 0 fully saturated rings. The van der Waals surface area contributed by atoms with Crippen LogP contribution in [0.2, 0.25) is 0 Å². The van der Waals surface area contributed by atoms with Gasteiger partial charge in [0.25, 0.3) is 0 Å². The Morgan fingerprint density at radius 2 is 1.89 bits per heavy atom. The summed E-state index contributed by atoms with van der Waals surface area (Å²) in [5, 5.41) is 20.2. The molecule has 0 saturated heterocycles. The van der Waals surface area contributed by atoms with E-state index in [0.717, 1.165) is 28.7 Å². The summed E-state index contributed by atoms with van der Waals surface area (Å²) in [6.07, 6.45) is 5.80. The van der Waals surface area contributed by atoms with E-state index in [1.807, 2.05) is 19.1 Å². The Balaban J connectivity index is 1.87. The van der Waals surface area contributed by atoms with E-state index in [9.17, 15) is 10.2 Å². The first-order valence-corrected chi connectivity index (χ1v) is 6.74. The molecule has 3 rings (SSSR count). The highest BCUT2D eigenvalue weighted by atomic mass is 32.1. The topological polar surface area (TPSA) is 63.9 Å². The van der Waals surface area contributed by atoms with E-state index in [4.69, 9.17) is 21.8 Å². The average Bonchev–Trinajstić information content (AvgIpc) is 3.06. The van der Waals surface area contributed by atoms with Gasteiger partial charge in [0, 0.05) is 35.2 Å². The molecule has 6 heteroatoms. The molecule has 1 aromatic rings. The number of aromatic nitrogens is 1. The van der Waals surface area contributed by atoms with Crippen LogP contribution in [0.1, 0.15) is 42.7 Å². The Bertz CT molecular complexity index is 528. The lowest BCUT2D eigenvalue weighted by Crippen LogP contribution is -2.20. The number of ether oxygens (including phenoxy) is 1. The molecule has 2 aliphatic rings. The molecule has 0 aromatic carbocycles. The fraction of sp³-hybridized carbons (Fsp3) is 0.462. The van der Waals surface area contributed by atoms with Crippen LogP contribution in [0.15, 0.2) is 12.2 Å². The van der Waals surface area contributed by atoms with E-state index < -0.39 is 0 Å². The molecule has 2 unspecified atom stereocenters. The lowest BCUT2D eigenvalue weighted by molar-refractivity contribution is 0.127. The van der Waals surface area contributed by atoms with E-state index in [2.05, 4.69) is 0 Å². The van der Waals surface area contributed by atoms with Gasteiger partial charge in [-0.1, -0.05) is 19.1 Å². The lowest BCUT2D eigenvalue weighted by Gasteiger charge is -2.11. The maximum atomic E-state index is 10.2. The van der Waals surface area contributed by atoms with E-state index in [1.54, 1.807) is 0 Å². The van der Waals surface area contributed by atoms with Gasteiger partial charge in [-0.05, 0) is 12.8 Å². The number of rotatable bonds is 3. The van der Waals surface area contributed by atoms with Crippen LogP contribution >= 0.6 is 12.2 Å². The first kappa shape index (κ1) is 12.3. The number of nitrogens with zero attached hydrogens (tertiary/aromatic N) is 1. The van der Waals surface area contributed by atoms with Crippen molar-refractivity contribution in [3.8, 4) is 11.8 Å². The molecule has 0 radical (unpaired) electrons. The van der Waals surface area contributed by atoms with Gasteiger partial charge in [-0.3, -0.25) is 0 Å². The van der Waals surface area contributed by atoms with Crippen LogP contribution in [-0.2, 0) is 4.74 Å². The van der Waals surface area contributed by atoms with E-state index in [0.29, 0.717) is 6.61 Å². The largest absolute Gasteiger partial charge is 0.492 e. The van der Waals surface area contributed by atoms with Crippen molar-refractivity contribution in [2.24, 2.45) is 0 Å². The van der Waals surface area contributed by atoms with Crippen molar-refractivity contribution in [3.63, 3.8) is 0 Å². The molecule has 2 N–H and O–H groups in total. The monoisotopic (exact) mass is 281 g/mol. The summed E-state index contributed by atoms with van der Waals surface area (Å²) in [4.78, 5) is 5.20. The van der Waals surface area contributed by atoms with Crippen molar-refractivity contribution < 1.29 is 19.8 Å². The molecule has 102 valence electrons. The van der Waals surface area contributed by atoms with Crippen molar-refractivity contribution in [2.45, 2.75) is 31.6 Å². The van der Waals surface area contributed by atoms with Gasteiger partial charge in [-0.15, -0.1) is 4.73 Å². The second-order valence-electron chi connectivity index (χ2n) is 4.79. The molecule has 2 atom stereocenters. The van der Waals surface area contributed by atoms with Crippen molar-refractivity contribution in [1.82, 2.24) is 4.73 Å². The second-order valence-corrected chi connectivity index (χ2v) is 5.13. The summed E-state index contributed by atoms with van der Waals surface area (Å²) in [5.74, 6) is 0.125. The van der Waals surface area contributed by atoms with E-state index >= 15 is 0 Å². The molecular weight excluding hydrogens is 266 g/mol. The van der Waals surface area contributed by atoms with Crippen LogP contribution in [0, 0.1) is 0 Å². The zero-order chi connectivity index (χ0) is 13.6. The third-order valence-corrected chi connectivity index (χ3v) is 3.76. The zero-order valence-corrected chi connectivity index (χ0v) is 11.3. The Hall–Kier alpha value is -1.69. The highest BCUT2D eigenvalue weighted by Crippen LogP contribution is 2.56. The summed E-state index contributed by atoms with van der Waals surface area (Å²) in [6, 6.07) is 0. The molecular formula is C13H15NO4S. The summed E-state index contributed by atoms with van der Waals surface area (Å²) in [6.45, 7) is 2.39. The van der Waals surface area contributed by atoms with Crippen LogP contribution in [0.3, 0.4) is 0 Å². The predicted molar refractivity (Wildman–Crippen MR) is 72.4 cm³/mol. The second kappa shape index (κ2) is 4.45. The Morgan fingerprint density at radius 3 is 2.42 bits per heavy atom. The lowest BCUT2D eigenvalue weighted by atomic mass is 10.0. The molecule has 1 heterocycles. The summed E-state index contributed by atoms with van der Waals surface area (Å²) in [5.41, 5.74) is 1.48. The molecule has 0 saturated carbocycles. The molecule has 2 aliphatic carbocycles. The average molecular weight is 281 g/mol. The summed E-state index contributed by atoms with van der Waals surface area (Å²) in [7, 11) is 0. The molecule has 2 bridgehead atoms. The fourth-order valence-electron chi connectivity index (χ4n) is 2.79. The fourth-order valence-corrected chi connectivity index (χ4v) is 2.95. The highest BCUT2D eigenvalue weighted by Gasteiger charge is 2.41. The molecule has 0 amide bonds. The summed E-state index contributed by atoms with van der Waals surface area (Å²) < 4.78 is 6.08. The molecule has 0 spiro atoms. The minimum absolute atomic E-state index is 0.0909. The van der Waals surface area contributed by atoms with Gasteiger partial charge in [0.2, 0.25) is 11.8 Å². The highest BCUT2D eigenvalue weighted by molar-refractivity contribution is 7.79. The van der Waals surface area contributed by atoms with Gasteiger partial charge < -0.3 is 19.8 Å². The third kappa shape index (κ3) is 1.78. The standard InChI is InChI=1S/C13H15NO4S/c1-2-5-17-13(19)18-14-11(15)9-7-3-4-8(6-7)10(9)12(14)16/h3-4,7-8,15-16H,2,5-6H2,1H3. The normalized spacial score (nSPS) is 22.6. The Labute approximate surface area is 116 Å². The number of thiocarbonyl (C=S) groups is 1. The van der Waals surface area contributed by atoms with E-state index in [-0.39, 0.29) is 28.8 Å². The van der Waals surface area contributed by atoms with Gasteiger partial charge in [-0.2, -0.15) is 0 Å². The van der Waals surface area contributed by atoms with Crippen LogP contribution in [-0.4, -0.2) is 26.8 Å². The zero-order valence-electron chi connectivity index (χ0n) is 10.5. The first-order chi connectivity index (χ1) is 9.13. The number of fused-ring (bicyclic) bond motifs is 5. The van der Waals surface area contributed by atoms with Crippen LogP contribution < -0.4 is 4.84 Å². The van der Waals surface area contributed by atoms with Gasteiger partial charge >= 0.3 is 5.24 Å². The van der Waals surface area contributed by atoms with Gasteiger partial charge in [0.1, 0.15) is 0 Å². The quantitative estimate of drug-likeness (QED) is 0.657. The first-order valence-electron chi connectivity index (χ1n) is 6.33. The maximum Gasteiger partial charge on any atom is 0.378 e. The minimum atomic E-state index is -0.110. The molecule has 19 heavy (non-hydrogen) atoms. The number of allylic oxidation sites excluding steroid dienone is 2. The molecule has 0 aliphatic heterocycles. The van der Waals surface area contributed by atoms with Crippen molar-refractivity contribution in [2.75, 3.05) is 6.61 Å². The smallest absolute Gasteiger partial charge is 0.378 e. The van der Waals surface area contributed by atoms with Crippen LogP contribution in [0.5, 0.6) is 11.8 Å². The Morgan fingerprint density at radius 1 is 1.32 bits per heavy atom. The van der Waals surface area contributed by atoms with Crippen molar-refractivity contribution >= 4 is 17.5 Å². The van der Waals surface area contributed by atoms with Crippen molar-refractivity contribution in [1.29, 1.82) is 0 Å². The summed E-state index contributed by atoms with van der Waals surface area (Å²) >= 11 is 4.90. The van der Waals surface area contributed by atoms with Crippen molar-refractivity contribution in [3.05, 3.63) is 23.3 Å². The number of hydrogen-bond acceptors (Lipinski definition) is 5.